The van der Waals surface area contributed by atoms with Gasteiger partial charge in [0.1, 0.15) is 22.9 Å². The Morgan fingerprint density at radius 3 is 2.43 bits per heavy atom. The number of aromatic nitrogens is 1. The molecule has 0 unspecified atom stereocenters. The van der Waals surface area contributed by atoms with Crippen LogP contribution in [0.25, 0.3) is 11.3 Å². The molecule has 0 N–H and O–H groups in total. The third-order valence-electron chi connectivity index (χ3n) is 4.03. The van der Waals surface area contributed by atoms with E-state index in [4.69, 9.17) is 9.47 Å². The number of esters is 2. The van der Waals surface area contributed by atoms with Crippen LogP contribution in [-0.4, -0.2) is 30.7 Å². The summed E-state index contributed by atoms with van der Waals surface area (Å²) in [5, 5.41) is 9.50. The van der Waals surface area contributed by atoms with Gasteiger partial charge in [-0.05, 0) is 12.0 Å². The van der Waals surface area contributed by atoms with Gasteiger partial charge >= 0.3 is 11.9 Å². The van der Waals surface area contributed by atoms with E-state index in [0.717, 1.165) is 11.1 Å². The zero-order valence-corrected chi connectivity index (χ0v) is 12.8. The van der Waals surface area contributed by atoms with Crippen LogP contribution >= 0.6 is 0 Å². The van der Waals surface area contributed by atoms with Gasteiger partial charge in [0.15, 0.2) is 0 Å². The van der Waals surface area contributed by atoms with Crippen molar-refractivity contribution in [3.8, 4) is 17.3 Å². The fourth-order valence-corrected chi connectivity index (χ4v) is 3.04. The molecule has 2 heterocycles. The van der Waals surface area contributed by atoms with Gasteiger partial charge < -0.3 is 14.0 Å². The summed E-state index contributed by atoms with van der Waals surface area (Å²) in [5.74, 6) is -1.38. The first-order valence-corrected chi connectivity index (χ1v) is 7.05. The van der Waals surface area contributed by atoms with Gasteiger partial charge in [-0.1, -0.05) is 24.3 Å². The van der Waals surface area contributed by atoms with Crippen LogP contribution in [0.15, 0.2) is 24.3 Å². The molecule has 116 valence electrons. The number of benzene rings is 1. The largest absolute Gasteiger partial charge is 0.465 e. The van der Waals surface area contributed by atoms with E-state index in [0.29, 0.717) is 18.7 Å². The van der Waals surface area contributed by atoms with Crippen molar-refractivity contribution < 1.29 is 19.1 Å². The molecule has 0 saturated heterocycles. The maximum atomic E-state index is 12.3. The molecule has 0 bridgehead atoms. The summed E-state index contributed by atoms with van der Waals surface area (Å²) in [4.78, 5) is 24.5. The molecule has 1 aromatic heterocycles. The molecule has 0 spiro atoms. The highest BCUT2D eigenvalue weighted by Crippen LogP contribution is 2.38. The molecule has 1 aliphatic heterocycles. The summed E-state index contributed by atoms with van der Waals surface area (Å²) in [6.07, 6.45) is 0.716. The van der Waals surface area contributed by atoms with Crippen molar-refractivity contribution >= 4 is 11.9 Å². The Morgan fingerprint density at radius 1 is 1.13 bits per heavy atom. The van der Waals surface area contributed by atoms with E-state index < -0.39 is 11.9 Å². The van der Waals surface area contributed by atoms with Crippen molar-refractivity contribution in [1.82, 2.24) is 4.57 Å². The number of hydrogen-bond acceptors (Lipinski definition) is 5. The van der Waals surface area contributed by atoms with Gasteiger partial charge in [-0.25, -0.2) is 9.59 Å². The van der Waals surface area contributed by atoms with Crippen LogP contribution in [0.1, 0.15) is 32.0 Å². The minimum atomic E-state index is -0.721. The van der Waals surface area contributed by atoms with E-state index in [2.05, 4.69) is 0 Å². The molecular weight excluding hydrogens is 296 g/mol. The number of carbonyl (C=O) groups is 2. The molecule has 23 heavy (non-hydrogen) atoms. The Morgan fingerprint density at radius 2 is 1.78 bits per heavy atom. The molecular formula is C17H14N2O4. The molecule has 0 radical (unpaired) electrons. The van der Waals surface area contributed by atoms with Crippen LogP contribution in [0.4, 0.5) is 0 Å². The summed E-state index contributed by atoms with van der Waals surface area (Å²) in [7, 11) is 2.46. The fraction of sp³-hybridized carbons (Fsp3) is 0.235. The van der Waals surface area contributed by atoms with Gasteiger partial charge in [0.2, 0.25) is 0 Å². The SMILES string of the molecule is COC(=O)c1c(C(=O)OC)c2n(c1C#N)CCc1ccccc1-2. The molecule has 0 amide bonds. The van der Waals surface area contributed by atoms with E-state index in [1.54, 1.807) is 4.57 Å². The smallest absolute Gasteiger partial charge is 0.341 e. The lowest BCUT2D eigenvalue weighted by Gasteiger charge is -2.20. The van der Waals surface area contributed by atoms with Gasteiger partial charge in [-0.3, -0.25) is 0 Å². The Bertz CT molecular complexity index is 858. The van der Waals surface area contributed by atoms with Crippen LogP contribution in [0.5, 0.6) is 0 Å². The number of hydrogen-bond donors (Lipinski definition) is 0. The highest BCUT2D eigenvalue weighted by molar-refractivity contribution is 6.09. The van der Waals surface area contributed by atoms with Crippen molar-refractivity contribution in [1.29, 1.82) is 5.26 Å². The number of ether oxygens (including phenoxy) is 2. The van der Waals surface area contributed by atoms with Crippen LogP contribution < -0.4 is 0 Å². The zero-order chi connectivity index (χ0) is 16.6. The average Bonchev–Trinajstić information content (AvgIpc) is 2.94. The third-order valence-corrected chi connectivity index (χ3v) is 4.03. The standard InChI is InChI=1S/C17H14N2O4/c1-22-16(20)13-12(9-18)19-8-7-10-5-3-4-6-11(10)15(19)14(13)17(21)23-2/h3-6H,7-8H2,1-2H3. The van der Waals surface area contributed by atoms with Crippen LogP contribution in [0.3, 0.4) is 0 Å². The van der Waals surface area contributed by atoms with Crippen molar-refractivity contribution in [3.63, 3.8) is 0 Å². The molecule has 0 atom stereocenters. The van der Waals surface area contributed by atoms with Gasteiger partial charge in [0.05, 0.1) is 19.9 Å². The minimum absolute atomic E-state index is 0.0337. The number of methoxy groups -OCH3 is 2. The van der Waals surface area contributed by atoms with E-state index in [1.807, 2.05) is 30.3 Å². The fourth-order valence-electron chi connectivity index (χ4n) is 3.04. The zero-order valence-electron chi connectivity index (χ0n) is 12.8. The van der Waals surface area contributed by atoms with Crippen LogP contribution in [-0.2, 0) is 22.4 Å². The average molecular weight is 310 g/mol. The summed E-state index contributed by atoms with van der Waals surface area (Å²) < 4.78 is 11.3. The maximum Gasteiger partial charge on any atom is 0.341 e. The quantitative estimate of drug-likeness (QED) is 0.794. The lowest BCUT2D eigenvalue weighted by molar-refractivity contribution is 0.0557. The third kappa shape index (κ3) is 2.09. The summed E-state index contributed by atoms with van der Waals surface area (Å²) in [5.41, 5.74) is 2.60. The van der Waals surface area contributed by atoms with Crippen molar-refractivity contribution in [3.05, 3.63) is 46.6 Å². The summed E-state index contributed by atoms with van der Waals surface area (Å²) in [6, 6.07) is 9.63. The van der Waals surface area contributed by atoms with Crippen LogP contribution in [0, 0.1) is 11.3 Å². The predicted octanol–water partition coefficient (Wildman–Crippen LogP) is 2.16. The van der Waals surface area contributed by atoms with Crippen molar-refractivity contribution in [2.45, 2.75) is 13.0 Å². The minimum Gasteiger partial charge on any atom is -0.465 e. The van der Waals surface area contributed by atoms with Crippen LogP contribution in [0.2, 0.25) is 0 Å². The molecule has 3 rings (SSSR count). The van der Waals surface area contributed by atoms with E-state index in [9.17, 15) is 14.9 Å². The second-order valence-electron chi connectivity index (χ2n) is 5.10. The molecule has 1 aromatic carbocycles. The van der Waals surface area contributed by atoms with Gasteiger partial charge in [-0.15, -0.1) is 0 Å². The van der Waals surface area contributed by atoms with Gasteiger partial charge in [0.25, 0.3) is 0 Å². The molecule has 0 fully saturated rings. The number of aryl methyl sites for hydroxylation is 1. The Balaban J connectivity index is 2.42. The van der Waals surface area contributed by atoms with Crippen molar-refractivity contribution in [2.24, 2.45) is 0 Å². The highest BCUT2D eigenvalue weighted by Gasteiger charge is 2.35. The van der Waals surface area contributed by atoms with E-state index >= 15 is 0 Å². The highest BCUT2D eigenvalue weighted by atomic mass is 16.5. The number of fused-ring (bicyclic) bond motifs is 3. The van der Waals surface area contributed by atoms with Gasteiger partial charge in [-0.2, -0.15) is 5.26 Å². The number of nitrogens with zero attached hydrogens (tertiary/aromatic N) is 2. The van der Waals surface area contributed by atoms with Gasteiger partial charge in [0, 0.05) is 12.1 Å². The van der Waals surface area contributed by atoms with E-state index in [-0.39, 0.29) is 16.8 Å². The van der Waals surface area contributed by atoms with E-state index in [1.165, 1.54) is 14.2 Å². The number of carbonyl (C=O) groups excluding carboxylic acids is 2. The topological polar surface area (TPSA) is 81.3 Å². The second kappa shape index (κ2) is 5.61. The molecule has 1 aliphatic rings. The molecule has 0 aliphatic carbocycles. The first kappa shape index (κ1) is 14.9. The molecule has 6 nitrogen and oxygen atoms in total. The molecule has 2 aromatic rings. The maximum absolute atomic E-state index is 12.3. The van der Waals surface area contributed by atoms with Crippen molar-refractivity contribution in [2.75, 3.05) is 14.2 Å². The monoisotopic (exact) mass is 310 g/mol. The normalized spacial score (nSPS) is 11.9. The lowest BCUT2D eigenvalue weighted by atomic mass is 9.95. The predicted molar refractivity (Wildman–Crippen MR) is 81.0 cm³/mol. The lowest BCUT2D eigenvalue weighted by Crippen LogP contribution is -2.14. The summed E-state index contributed by atoms with van der Waals surface area (Å²) in [6.45, 7) is 0.510. The number of nitriles is 1. The Hall–Kier alpha value is -3.07. The number of rotatable bonds is 2. The first-order chi connectivity index (χ1) is 11.1. The second-order valence-corrected chi connectivity index (χ2v) is 5.10. The Kier molecular flexibility index (Phi) is 3.62. The first-order valence-electron chi connectivity index (χ1n) is 7.05. The Labute approximate surface area is 132 Å². The summed E-state index contributed by atoms with van der Waals surface area (Å²) >= 11 is 0. The molecule has 6 heteroatoms. The molecule has 0 saturated carbocycles.